The summed E-state index contributed by atoms with van der Waals surface area (Å²) < 4.78 is 16.2. The van der Waals surface area contributed by atoms with Crippen LogP contribution in [-0.4, -0.2) is 172 Å². The molecule has 232 valence electrons. The highest BCUT2D eigenvalue weighted by Crippen LogP contribution is 2.25. The van der Waals surface area contributed by atoms with Gasteiger partial charge in [0, 0.05) is 71.5 Å². The summed E-state index contributed by atoms with van der Waals surface area (Å²) in [7, 11) is -3.12. The Morgan fingerprint density at radius 2 is 1.15 bits per heavy atom. The number of carboxylic acids is 3. The molecule has 0 aromatic heterocycles. The molecule has 2 fully saturated rings. The van der Waals surface area contributed by atoms with E-state index in [-0.39, 0.29) is 45.5 Å². The van der Waals surface area contributed by atoms with Gasteiger partial charge in [0.15, 0.2) is 0 Å². The Hall–Kier alpha value is -1.68. The summed E-state index contributed by atoms with van der Waals surface area (Å²) in [4.78, 5) is 52.5. The molecule has 40 heavy (non-hydrogen) atoms. The molecule has 15 nitrogen and oxygen atoms in total. The van der Waals surface area contributed by atoms with E-state index in [0.717, 1.165) is 32.1 Å². The molecule has 0 bridgehead atoms. The molecule has 0 radical (unpaired) electrons. The number of carboxylic acid groups (broad SMARTS) is 3. The number of nitrogens with zero attached hydrogens (tertiary/aromatic N) is 5. The lowest BCUT2D eigenvalue weighted by Gasteiger charge is -2.37. The van der Waals surface area contributed by atoms with Crippen LogP contribution in [0.4, 0.5) is 0 Å². The van der Waals surface area contributed by atoms with Gasteiger partial charge < -0.3 is 25.3 Å². The quantitative estimate of drug-likeness (QED) is 0.119. The summed E-state index contributed by atoms with van der Waals surface area (Å²) in [6.45, 7) is 2.58. The fourth-order valence-electron chi connectivity index (χ4n) is 5.33. The number of hydrogen-bond acceptors (Lipinski definition) is 11. The predicted molar refractivity (Wildman–Crippen MR) is 145 cm³/mol. The molecule has 2 atom stereocenters. The van der Waals surface area contributed by atoms with E-state index in [4.69, 9.17) is 4.52 Å². The zero-order valence-electron chi connectivity index (χ0n) is 23.1. The van der Waals surface area contributed by atoms with E-state index in [1.165, 1.54) is 0 Å². The van der Waals surface area contributed by atoms with Gasteiger partial charge in [-0.25, -0.2) is 0 Å². The summed E-state index contributed by atoms with van der Waals surface area (Å²) in [6.07, 6.45) is 4.22. The van der Waals surface area contributed by atoms with E-state index < -0.39 is 32.3 Å². The number of aliphatic hydroxyl groups excluding tert-OH is 1. The Morgan fingerprint density at radius 1 is 0.750 bits per heavy atom. The van der Waals surface area contributed by atoms with Gasteiger partial charge >= 0.3 is 26.2 Å². The summed E-state index contributed by atoms with van der Waals surface area (Å²) in [5, 5.41) is 39.1. The standard InChI is InChI=1S/C24H46N5O10P/c30-21(15-29(19-39-40(37)38)20-4-2-1-3-5-20)14-25-6-8-26(16-22(31)32)10-12-28(18-24(35)36)13-11-27(9-7-25)17-23(33)34/h20-21,30,40H,1-19H2,(H,31,32)(H,33,34)(H,35,36)(H,37,38). The van der Waals surface area contributed by atoms with Crippen molar-refractivity contribution in [1.82, 2.24) is 24.5 Å². The second kappa shape index (κ2) is 18.7. The maximum Gasteiger partial charge on any atom is 0.317 e. The van der Waals surface area contributed by atoms with Gasteiger partial charge in [0.2, 0.25) is 0 Å². The van der Waals surface area contributed by atoms with Crippen LogP contribution >= 0.6 is 8.25 Å². The van der Waals surface area contributed by atoms with E-state index in [9.17, 15) is 44.3 Å². The van der Waals surface area contributed by atoms with Gasteiger partial charge in [-0.2, -0.15) is 0 Å². The number of β-amino-alcohol motifs (C(OH)–C–C–N with tert-alkyl or cyclic N) is 1. The number of rotatable bonds is 14. The summed E-state index contributed by atoms with van der Waals surface area (Å²) in [6, 6.07) is 0.141. The molecule has 1 saturated carbocycles. The van der Waals surface area contributed by atoms with Crippen molar-refractivity contribution in [3.8, 4) is 0 Å². The van der Waals surface area contributed by atoms with Crippen LogP contribution in [0.3, 0.4) is 0 Å². The van der Waals surface area contributed by atoms with Crippen molar-refractivity contribution < 1.29 is 48.8 Å². The Morgan fingerprint density at radius 3 is 1.52 bits per heavy atom. The molecule has 2 unspecified atom stereocenters. The van der Waals surface area contributed by atoms with Crippen molar-refractivity contribution >= 4 is 26.2 Å². The van der Waals surface area contributed by atoms with Gasteiger partial charge in [0.05, 0.1) is 25.7 Å². The van der Waals surface area contributed by atoms with Gasteiger partial charge in [-0.05, 0) is 12.8 Å². The fraction of sp³-hybridized carbons (Fsp3) is 0.875. The first-order chi connectivity index (χ1) is 19.0. The number of carbonyl (C=O) groups is 3. The van der Waals surface area contributed by atoms with Crippen molar-refractivity contribution in [3.63, 3.8) is 0 Å². The van der Waals surface area contributed by atoms with Crippen LogP contribution in [0.15, 0.2) is 0 Å². The highest BCUT2D eigenvalue weighted by Gasteiger charge is 2.26. The Bertz CT molecular complexity index is 787. The summed E-state index contributed by atoms with van der Waals surface area (Å²) >= 11 is 0. The second-order valence-electron chi connectivity index (χ2n) is 10.6. The van der Waals surface area contributed by atoms with Crippen LogP contribution in [0, 0.1) is 0 Å². The normalized spacial score (nSPS) is 21.9. The van der Waals surface area contributed by atoms with Crippen molar-refractivity contribution in [2.45, 2.75) is 44.2 Å². The first-order valence-corrected chi connectivity index (χ1v) is 15.1. The van der Waals surface area contributed by atoms with Crippen LogP contribution in [0.25, 0.3) is 0 Å². The Kier molecular flexibility index (Phi) is 16.1. The molecule has 1 aliphatic carbocycles. The third-order valence-corrected chi connectivity index (χ3v) is 7.74. The van der Waals surface area contributed by atoms with Gasteiger partial charge in [0.1, 0.15) is 6.73 Å². The largest absolute Gasteiger partial charge is 0.480 e. The lowest BCUT2D eigenvalue weighted by molar-refractivity contribution is -0.140. The SMILES string of the molecule is O=C(O)CN1CCN(CC(=O)O)CCN(CC(O)CN(CO[PH](=O)O)C2CCCCC2)CCN(CC(=O)O)CC1. The lowest BCUT2D eigenvalue weighted by atomic mass is 9.94. The summed E-state index contributed by atoms with van der Waals surface area (Å²) in [5.74, 6) is -3.01. The van der Waals surface area contributed by atoms with E-state index in [0.29, 0.717) is 52.4 Å². The molecule has 0 spiro atoms. The van der Waals surface area contributed by atoms with Gasteiger partial charge in [-0.15, -0.1) is 0 Å². The predicted octanol–water partition coefficient (Wildman–Crippen LogP) is -1.19. The van der Waals surface area contributed by atoms with Gasteiger partial charge in [0.25, 0.3) is 0 Å². The van der Waals surface area contributed by atoms with E-state index in [1.54, 1.807) is 14.7 Å². The molecular formula is C24H46N5O10P. The van der Waals surface area contributed by atoms with Crippen molar-refractivity contribution in [1.29, 1.82) is 0 Å². The molecule has 1 heterocycles. The monoisotopic (exact) mass is 595 g/mol. The molecule has 2 rings (SSSR count). The minimum absolute atomic E-state index is 0.0539. The number of aliphatic hydroxyl groups is 1. The Balaban J connectivity index is 2.12. The van der Waals surface area contributed by atoms with Crippen LogP contribution in [0.2, 0.25) is 0 Å². The maximum absolute atomic E-state index is 11.5. The molecule has 5 N–H and O–H groups in total. The average molecular weight is 596 g/mol. The number of hydrogen-bond donors (Lipinski definition) is 5. The van der Waals surface area contributed by atoms with E-state index in [1.807, 2.05) is 9.80 Å². The minimum Gasteiger partial charge on any atom is -0.480 e. The maximum atomic E-state index is 11.5. The van der Waals surface area contributed by atoms with Gasteiger partial charge in [-0.3, -0.25) is 48.0 Å². The molecule has 0 aromatic carbocycles. The van der Waals surface area contributed by atoms with Crippen LogP contribution in [-0.2, 0) is 23.5 Å². The lowest BCUT2D eigenvalue weighted by Crippen LogP contribution is -2.50. The first-order valence-electron chi connectivity index (χ1n) is 13.8. The highest BCUT2D eigenvalue weighted by atomic mass is 31.1. The molecular weight excluding hydrogens is 549 g/mol. The third-order valence-electron chi connectivity index (χ3n) is 7.37. The molecule has 16 heteroatoms. The topological polar surface area (TPSA) is 195 Å². The first kappa shape index (κ1) is 34.5. The average Bonchev–Trinajstić information content (AvgIpc) is 2.87. The van der Waals surface area contributed by atoms with E-state index >= 15 is 0 Å². The third kappa shape index (κ3) is 14.8. The second-order valence-corrected chi connectivity index (χ2v) is 11.4. The molecule has 1 saturated heterocycles. The van der Waals surface area contributed by atoms with Gasteiger partial charge in [-0.1, -0.05) is 19.3 Å². The van der Waals surface area contributed by atoms with Crippen LogP contribution in [0.5, 0.6) is 0 Å². The molecule has 1 aliphatic heterocycles. The number of aliphatic carboxylic acids is 3. The molecule has 2 aliphatic rings. The van der Waals surface area contributed by atoms with Crippen LogP contribution < -0.4 is 0 Å². The van der Waals surface area contributed by atoms with E-state index in [2.05, 4.69) is 0 Å². The van der Waals surface area contributed by atoms with Crippen molar-refractivity contribution in [3.05, 3.63) is 0 Å². The smallest absolute Gasteiger partial charge is 0.317 e. The van der Waals surface area contributed by atoms with Crippen molar-refractivity contribution in [2.24, 2.45) is 0 Å². The Labute approximate surface area is 235 Å². The molecule has 0 aromatic rings. The van der Waals surface area contributed by atoms with Crippen LogP contribution in [0.1, 0.15) is 32.1 Å². The zero-order valence-corrected chi connectivity index (χ0v) is 24.1. The van der Waals surface area contributed by atoms with Crippen molar-refractivity contribution in [2.75, 3.05) is 91.8 Å². The fourth-order valence-corrected chi connectivity index (χ4v) is 5.60. The molecule has 0 amide bonds. The highest BCUT2D eigenvalue weighted by molar-refractivity contribution is 7.32. The zero-order chi connectivity index (χ0) is 29.5. The minimum atomic E-state index is -3.12. The summed E-state index contributed by atoms with van der Waals surface area (Å²) in [5.41, 5.74) is 0.